The lowest BCUT2D eigenvalue weighted by atomic mass is 9.98. The van der Waals surface area contributed by atoms with Gasteiger partial charge in [0.2, 0.25) is 0 Å². The lowest BCUT2D eigenvalue weighted by molar-refractivity contribution is 0.102. The Hall–Kier alpha value is -5.36. The van der Waals surface area contributed by atoms with Crippen molar-refractivity contribution in [1.29, 1.82) is 0 Å². The number of hydrogen-bond donors (Lipinski definition) is 2. The molecule has 5 aromatic rings. The van der Waals surface area contributed by atoms with Gasteiger partial charge in [0.15, 0.2) is 11.6 Å². The second kappa shape index (κ2) is 10.7. The molecule has 0 saturated heterocycles. The molecule has 0 fully saturated rings. The molecule has 0 aliphatic carbocycles. The fourth-order valence-corrected chi connectivity index (χ4v) is 3.86. The molecule has 0 saturated carbocycles. The summed E-state index contributed by atoms with van der Waals surface area (Å²) in [6.07, 6.45) is 0. The van der Waals surface area contributed by atoms with Crippen molar-refractivity contribution in [3.8, 4) is 23.0 Å². The van der Waals surface area contributed by atoms with E-state index in [1.807, 2.05) is 24.3 Å². The maximum Gasteiger partial charge on any atom is 0.193 e. The van der Waals surface area contributed by atoms with E-state index in [1.165, 1.54) is 0 Å². The van der Waals surface area contributed by atoms with Crippen LogP contribution < -0.4 is 20.9 Å². The number of nitrogen functional groups attached to an aromatic ring is 2. The van der Waals surface area contributed by atoms with Crippen LogP contribution in [-0.2, 0) is 0 Å². The van der Waals surface area contributed by atoms with Crippen LogP contribution in [0.4, 0.5) is 11.4 Å². The average molecular weight is 501 g/mol. The summed E-state index contributed by atoms with van der Waals surface area (Å²) in [5.41, 5.74) is 14.9. The Morgan fingerprint density at radius 2 is 0.711 bits per heavy atom. The van der Waals surface area contributed by atoms with Crippen LogP contribution in [0.1, 0.15) is 31.8 Å². The molecule has 0 amide bonds. The van der Waals surface area contributed by atoms with Crippen LogP contribution in [0, 0.1) is 0 Å². The van der Waals surface area contributed by atoms with Gasteiger partial charge in [-0.3, -0.25) is 9.59 Å². The van der Waals surface area contributed by atoms with E-state index in [0.717, 1.165) is 0 Å². The highest BCUT2D eigenvalue weighted by molar-refractivity contribution is 6.11. The van der Waals surface area contributed by atoms with Crippen molar-refractivity contribution in [2.75, 3.05) is 11.5 Å². The SMILES string of the molecule is Nc1ccccc1Oc1ccc(C(=O)c2ccc(C(=O)c3ccc(Oc4ccccc4N)cc3)cc2)cc1. The Bertz CT molecular complexity index is 1470. The maximum absolute atomic E-state index is 13.0. The quantitative estimate of drug-likeness (QED) is 0.177. The van der Waals surface area contributed by atoms with Crippen molar-refractivity contribution in [2.24, 2.45) is 0 Å². The van der Waals surface area contributed by atoms with E-state index in [1.54, 1.807) is 97.1 Å². The Balaban J connectivity index is 1.24. The second-order valence-electron chi connectivity index (χ2n) is 8.56. The van der Waals surface area contributed by atoms with Crippen molar-refractivity contribution in [1.82, 2.24) is 0 Å². The zero-order valence-corrected chi connectivity index (χ0v) is 20.3. The Labute approximate surface area is 220 Å². The maximum atomic E-state index is 13.0. The van der Waals surface area contributed by atoms with E-state index in [2.05, 4.69) is 0 Å². The standard InChI is InChI=1S/C32H24N2O4/c33-27-5-1-3-7-29(27)37-25-17-13-23(14-18-25)31(35)21-9-11-22(12-10-21)32(36)24-15-19-26(20-16-24)38-30-8-4-2-6-28(30)34/h1-20H,33-34H2. The minimum atomic E-state index is -0.156. The summed E-state index contributed by atoms with van der Waals surface area (Å²) in [6, 6.07) is 34.7. The summed E-state index contributed by atoms with van der Waals surface area (Å²) in [6.45, 7) is 0. The van der Waals surface area contributed by atoms with Crippen LogP contribution in [0.15, 0.2) is 121 Å². The van der Waals surface area contributed by atoms with Gasteiger partial charge in [-0.2, -0.15) is 0 Å². The number of carbonyl (C=O) groups excluding carboxylic acids is 2. The van der Waals surface area contributed by atoms with Crippen molar-refractivity contribution < 1.29 is 19.1 Å². The van der Waals surface area contributed by atoms with Gasteiger partial charge in [-0.1, -0.05) is 48.5 Å². The van der Waals surface area contributed by atoms with E-state index in [9.17, 15) is 9.59 Å². The zero-order chi connectivity index (χ0) is 26.5. The lowest BCUT2D eigenvalue weighted by Crippen LogP contribution is -2.04. The lowest BCUT2D eigenvalue weighted by Gasteiger charge is -2.09. The first-order valence-corrected chi connectivity index (χ1v) is 11.9. The fraction of sp³-hybridized carbons (Fsp3) is 0. The Kier molecular flexibility index (Phi) is 6.87. The van der Waals surface area contributed by atoms with E-state index >= 15 is 0 Å². The average Bonchev–Trinajstić information content (AvgIpc) is 2.96. The van der Waals surface area contributed by atoms with Gasteiger partial charge in [-0.15, -0.1) is 0 Å². The predicted octanol–water partition coefficient (Wildman–Crippen LogP) is 6.90. The first-order valence-electron chi connectivity index (χ1n) is 11.9. The summed E-state index contributed by atoms with van der Waals surface area (Å²) >= 11 is 0. The van der Waals surface area contributed by atoms with Gasteiger partial charge in [0.05, 0.1) is 11.4 Å². The number of ketones is 2. The minimum absolute atomic E-state index is 0.156. The van der Waals surface area contributed by atoms with Crippen LogP contribution in [0.2, 0.25) is 0 Å². The molecule has 0 aromatic heterocycles. The molecular formula is C32H24N2O4. The van der Waals surface area contributed by atoms with Gasteiger partial charge >= 0.3 is 0 Å². The molecule has 0 aliphatic rings. The number of para-hydroxylation sites is 4. The molecule has 0 aliphatic heterocycles. The van der Waals surface area contributed by atoms with Gasteiger partial charge < -0.3 is 20.9 Å². The molecule has 0 unspecified atom stereocenters. The fourth-order valence-electron chi connectivity index (χ4n) is 3.86. The molecule has 6 nitrogen and oxygen atoms in total. The molecule has 0 heterocycles. The molecule has 5 aromatic carbocycles. The van der Waals surface area contributed by atoms with Crippen molar-refractivity contribution >= 4 is 22.9 Å². The zero-order valence-electron chi connectivity index (χ0n) is 20.3. The van der Waals surface area contributed by atoms with Gasteiger partial charge in [0, 0.05) is 22.3 Å². The number of benzene rings is 5. The smallest absolute Gasteiger partial charge is 0.193 e. The van der Waals surface area contributed by atoms with E-state index in [0.29, 0.717) is 56.6 Å². The molecule has 38 heavy (non-hydrogen) atoms. The minimum Gasteiger partial charge on any atom is -0.455 e. The molecule has 4 N–H and O–H groups in total. The molecule has 0 spiro atoms. The first kappa shape index (κ1) is 24.3. The predicted molar refractivity (Wildman–Crippen MR) is 148 cm³/mol. The molecular weight excluding hydrogens is 476 g/mol. The summed E-state index contributed by atoms with van der Waals surface area (Å²) in [5, 5.41) is 0. The number of anilines is 2. The highest BCUT2D eigenvalue weighted by Crippen LogP contribution is 2.28. The van der Waals surface area contributed by atoms with Gasteiger partial charge in [-0.05, 0) is 72.8 Å². The molecule has 6 heteroatoms. The van der Waals surface area contributed by atoms with E-state index in [-0.39, 0.29) is 11.6 Å². The molecule has 0 radical (unpaired) electrons. The third-order valence-electron chi connectivity index (χ3n) is 5.94. The van der Waals surface area contributed by atoms with Crippen LogP contribution in [0.3, 0.4) is 0 Å². The topological polar surface area (TPSA) is 105 Å². The first-order chi connectivity index (χ1) is 18.5. The highest BCUT2D eigenvalue weighted by atomic mass is 16.5. The van der Waals surface area contributed by atoms with Crippen molar-refractivity contribution in [2.45, 2.75) is 0 Å². The third-order valence-corrected chi connectivity index (χ3v) is 5.94. The van der Waals surface area contributed by atoms with E-state index < -0.39 is 0 Å². The second-order valence-corrected chi connectivity index (χ2v) is 8.56. The van der Waals surface area contributed by atoms with Crippen LogP contribution >= 0.6 is 0 Å². The van der Waals surface area contributed by atoms with Gasteiger partial charge in [0.1, 0.15) is 23.0 Å². The van der Waals surface area contributed by atoms with Gasteiger partial charge in [-0.25, -0.2) is 0 Å². The van der Waals surface area contributed by atoms with Crippen LogP contribution in [0.25, 0.3) is 0 Å². The van der Waals surface area contributed by atoms with Gasteiger partial charge in [0.25, 0.3) is 0 Å². The highest BCUT2D eigenvalue weighted by Gasteiger charge is 2.13. The van der Waals surface area contributed by atoms with E-state index in [4.69, 9.17) is 20.9 Å². The monoisotopic (exact) mass is 500 g/mol. The third kappa shape index (κ3) is 5.39. The number of rotatable bonds is 8. The van der Waals surface area contributed by atoms with Crippen molar-refractivity contribution in [3.05, 3.63) is 144 Å². The molecule has 0 bridgehead atoms. The van der Waals surface area contributed by atoms with Crippen LogP contribution in [0.5, 0.6) is 23.0 Å². The summed E-state index contributed by atoms with van der Waals surface area (Å²) in [4.78, 5) is 25.9. The Morgan fingerprint density at radius 3 is 1.03 bits per heavy atom. The van der Waals surface area contributed by atoms with Crippen LogP contribution in [-0.4, -0.2) is 11.6 Å². The number of hydrogen-bond acceptors (Lipinski definition) is 6. The number of carbonyl (C=O) groups is 2. The molecule has 186 valence electrons. The molecule has 5 rings (SSSR count). The number of ether oxygens (including phenoxy) is 2. The number of nitrogens with two attached hydrogens (primary N) is 2. The van der Waals surface area contributed by atoms with Crippen molar-refractivity contribution in [3.63, 3.8) is 0 Å². The summed E-state index contributed by atoms with van der Waals surface area (Å²) in [7, 11) is 0. The summed E-state index contributed by atoms with van der Waals surface area (Å²) in [5.74, 6) is 1.94. The largest absolute Gasteiger partial charge is 0.455 e. The normalized spacial score (nSPS) is 10.5. The Morgan fingerprint density at radius 1 is 0.421 bits per heavy atom. The molecule has 0 atom stereocenters. The summed E-state index contributed by atoms with van der Waals surface area (Å²) < 4.78 is 11.6.